The summed E-state index contributed by atoms with van der Waals surface area (Å²) >= 11 is 5.83. The van der Waals surface area contributed by atoms with Crippen molar-refractivity contribution in [2.24, 2.45) is 5.92 Å². The Morgan fingerprint density at radius 3 is 2.52 bits per heavy atom. The summed E-state index contributed by atoms with van der Waals surface area (Å²) in [4.78, 5) is 35.8. The summed E-state index contributed by atoms with van der Waals surface area (Å²) in [7, 11) is 0. The van der Waals surface area contributed by atoms with Gasteiger partial charge in [-0.3, -0.25) is 19.7 Å². The van der Waals surface area contributed by atoms with Crippen LogP contribution in [0.4, 0.5) is 0 Å². The van der Waals surface area contributed by atoms with Crippen molar-refractivity contribution < 1.29 is 19.1 Å². The molecule has 1 aliphatic heterocycles. The van der Waals surface area contributed by atoms with E-state index in [4.69, 9.17) is 16.3 Å². The zero-order chi connectivity index (χ0) is 15.6. The SMILES string of the molecule is C=C1C(=O)NC(=O)[C@H](C(=O)OCC)[C@H]1c1ccc(Cl)cc1. The second-order valence-corrected chi connectivity index (χ2v) is 5.04. The lowest BCUT2D eigenvalue weighted by Crippen LogP contribution is -2.49. The van der Waals surface area contributed by atoms with Crippen LogP contribution in [-0.4, -0.2) is 24.4 Å². The molecule has 1 fully saturated rings. The molecular formula is C15H14ClNO4. The summed E-state index contributed by atoms with van der Waals surface area (Å²) in [5.74, 6) is -3.81. The number of hydrogen-bond acceptors (Lipinski definition) is 4. The summed E-state index contributed by atoms with van der Waals surface area (Å²) in [5.41, 5.74) is 0.764. The first-order valence-corrected chi connectivity index (χ1v) is 6.79. The van der Waals surface area contributed by atoms with E-state index < -0.39 is 29.6 Å². The molecule has 2 atom stereocenters. The summed E-state index contributed by atoms with van der Waals surface area (Å²) in [6, 6.07) is 6.58. The maximum atomic E-state index is 12.0. The van der Waals surface area contributed by atoms with Gasteiger partial charge in [0.25, 0.3) is 5.91 Å². The van der Waals surface area contributed by atoms with Gasteiger partial charge in [-0.15, -0.1) is 0 Å². The Morgan fingerprint density at radius 1 is 1.33 bits per heavy atom. The number of esters is 1. The number of carbonyl (C=O) groups is 3. The summed E-state index contributed by atoms with van der Waals surface area (Å²) in [6.45, 7) is 5.50. The molecule has 0 aliphatic carbocycles. The lowest BCUT2D eigenvalue weighted by atomic mass is 9.77. The molecule has 0 spiro atoms. The smallest absolute Gasteiger partial charge is 0.319 e. The topological polar surface area (TPSA) is 72.5 Å². The highest BCUT2D eigenvalue weighted by atomic mass is 35.5. The maximum Gasteiger partial charge on any atom is 0.319 e. The minimum Gasteiger partial charge on any atom is -0.465 e. The van der Waals surface area contributed by atoms with E-state index in [1.54, 1.807) is 31.2 Å². The zero-order valence-corrected chi connectivity index (χ0v) is 12.1. The van der Waals surface area contributed by atoms with Gasteiger partial charge in [0.1, 0.15) is 5.92 Å². The fourth-order valence-electron chi connectivity index (χ4n) is 2.30. The second kappa shape index (κ2) is 6.10. The van der Waals surface area contributed by atoms with Crippen molar-refractivity contribution in [1.29, 1.82) is 0 Å². The molecular weight excluding hydrogens is 294 g/mol. The lowest BCUT2D eigenvalue weighted by Gasteiger charge is -2.30. The normalized spacial score (nSPS) is 21.9. The molecule has 0 saturated carbocycles. The number of halogens is 1. The van der Waals surface area contributed by atoms with E-state index in [1.807, 2.05) is 0 Å². The van der Waals surface area contributed by atoms with Crippen molar-refractivity contribution in [2.45, 2.75) is 12.8 Å². The minimum absolute atomic E-state index is 0.148. The molecule has 1 N–H and O–H groups in total. The van der Waals surface area contributed by atoms with E-state index in [0.717, 1.165) is 0 Å². The molecule has 1 saturated heterocycles. The molecule has 1 aliphatic rings. The van der Waals surface area contributed by atoms with Crippen LogP contribution in [0.1, 0.15) is 18.4 Å². The Hall–Kier alpha value is -2.14. The highest BCUT2D eigenvalue weighted by molar-refractivity contribution is 6.30. The molecule has 0 radical (unpaired) electrons. The molecule has 0 bridgehead atoms. The molecule has 1 aromatic rings. The second-order valence-electron chi connectivity index (χ2n) is 4.60. The van der Waals surface area contributed by atoms with E-state index in [1.165, 1.54) is 0 Å². The van der Waals surface area contributed by atoms with E-state index in [2.05, 4.69) is 11.9 Å². The summed E-state index contributed by atoms with van der Waals surface area (Å²) < 4.78 is 4.93. The quantitative estimate of drug-likeness (QED) is 0.400. The third-order valence-corrected chi connectivity index (χ3v) is 3.54. The predicted molar refractivity (Wildman–Crippen MR) is 76.6 cm³/mol. The largest absolute Gasteiger partial charge is 0.465 e. The van der Waals surface area contributed by atoms with Gasteiger partial charge in [0.05, 0.1) is 6.61 Å². The molecule has 5 nitrogen and oxygen atoms in total. The third-order valence-electron chi connectivity index (χ3n) is 3.29. The Morgan fingerprint density at radius 2 is 1.95 bits per heavy atom. The van der Waals surface area contributed by atoms with Crippen LogP contribution >= 0.6 is 11.6 Å². The minimum atomic E-state index is -1.13. The van der Waals surface area contributed by atoms with Crippen LogP contribution < -0.4 is 5.32 Å². The first kappa shape index (κ1) is 15.3. The Balaban J connectivity index is 2.45. The standard InChI is InChI=1S/C15H14ClNO4/c1-3-21-15(20)12-11(8(2)13(18)17-14(12)19)9-4-6-10(16)7-5-9/h4-7,11-12H,2-3H2,1H3,(H,17,18,19)/t11-,12-/m1/s1. The van der Waals surface area contributed by atoms with Crippen LogP contribution in [0, 0.1) is 5.92 Å². The average molecular weight is 308 g/mol. The van der Waals surface area contributed by atoms with Crippen LogP contribution in [0.25, 0.3) is 0 Å². The molecule has 1 aromatic carbocycles. The highest BCUT2D eigenvalue weighted by Crippen LogP contribution is 2.35. The summed E-state index contributed by atoms with van der Waals surface area (Å²) in [5, 5.41) is 2.64. The van der Waals surface area contributed by atoms with Crippen LogP contribution in [-0.2, 0) is 19.1 Å². The van der Waals surface area contributed by atoms with Crippen molar-refractivity contribution >= 4 is 29.4 Å². The first-order chi connectivity index (χ1) is 9.95. The number of imide groups is 1. The molecule has 2 amide bonds. The van der Waals surface area contributed by atoms with E-state index >= 15 is 0 Å². The van der Waals surface area contributed by atoms with Crippen LogP contribution in [0.2, 0.25) is 5.02 Å². The van der Waals surface area contributed by atoms with Gasteiger partial charge in [-0.25, -0.2) is 0 Å². The fraction of sp³-hybridized carbons (Fsp3) is 0.267. The van der Waals surface area contributed by atoms with Crippen molar-refractivity contribution in [3.63, 3.8) is 0 Å². The molecule has 6 heteroatoms. The maximum absolute atomic E-state index is 12.0. The van der Waals surface area contributed by atoms with E-state index in [0.29, 0.717) is 10.6 Å². The average Bonchev–Trinajstić information content (AvgIpc) is 2.44. The van der Waals surface area contributed by atoms with Gasteiger partial charge in [-0.2, -0.15) is 0 Å². The number of benzene rings is 1. The van der Waals surface area contributed by atoms with Gasteiger partial charge in [-0.1, -0.05) is 30.3 Å². The lowest BCUT2D eigenvalue weighted by molar-refractivity contribution is -0.154. The molecule has 1 heterocycles. The first-order valence-electron chi connectivity index (χ1n) is 6.41. The number of amides is 2. The number of hydrogen-bond donors (Lipinski definition) is 1. The predicted octanol–water partition coefficient (Wildman–Crippen LogP) is 1.82. The molecule has 21 heavy (non-hydrogen) atoms. The molecule has 110 valence electrons. The molecule has 2 rings (SSSR count). The van der Waals surface area contributed by atoms with Gasteiger partial charge in [0.2, 0.25) is 5.91 Å². The number of carbonyl (C=O) groups excluding carboxylic acids is 3. The van der Waals surface area contributed by atoms with Crippen LogP contribution in [0.3, 0.4) is 0 Å². The third kappa shape index (κ3) is 2.97. The van der Waals surface area contributed by atoms with E-state index in [-0.39, 0.29) is 12.2 Å². The fourth-order valence-corrected chi connectivity index (χ4v) is 2.43. The van der Waals surface area contributed by atoms with Crippen LogP contribution in [0.15, 0.2) is 36.4 Å². The number of ether oxygens (including phenoxy) is 1. The van der Waals surface area contributed by atoms with Gasteiger partial charge in [-0.05, 0) is 24.6 Å². The highest BCUT2D eigenvalue weighted by Gasteiger charge is 2.45. The zero-order valence-electron chi connectivity index (χ0n) is 11.4. The van der Waals surface area contributed by atoms with Gasteiger partial charge < -0.3 is 4.74 Å². The molecule has 0 aromatic heterocycles. The van der Waals surface area contributed by atoms with Crippen LogP contribution in [0.5, 0.6) is 0 Å². The number of piperidine rings is 1. The number of rotatable bonds is 3. The van der Waals surface area contributed by atoms with E-state index in [9.17, 15) is 14.4 Å². The summed E-state index contributed by atoms with van der Waals surface area (Å²) in [6.07, 6.45) is 0. The Labute approximate surface area is 126 Å². The van der Waals surface area contributed by atoms with Crippen molar-refractivity contribution in [2.75, 3.05) is 6.61 Å². The van der Waals surface area contributed by atoms with Gasteiger partial charge in [0.15, 0.2) is 0 Å². The van der Waals surface area contributed by atoms with Crippen molar-refractivity contribution in [1.82, 2.24) is 5.32 Å². The number of nitrogens with one attached hydrogen (secondary N) is 1. The monoisotopic (exact) mass is 307 g/mol. The Kier molecular flexibility index (Phi) is 4.43. The van der Waals surface area contributed by atoms with Gasteiger partial charge in [0, 0.05) is 16.5 Å². The van der Waals surface area contributed by atoms with Crippen molar-refractivity contribution in [3.8, 4) is 0 Å². The molecule has 0 unspecified atom stereocenters. The van der Waals surface area contributed by atoms with Gasteiger partial charge >= 0.3 is 5.97 Å². The Bertz CT molecular complexity index is 609. The van der Waals surface area contributed by atoms with Crippen molar-refractivity contribution in [3.05, 3.63) is 47.0 Å².